The van der Waals surface area contributed by atoms with Crippen LogP contribution in [0.25, 0.3) is 0 Å². The van der Waals surface area contributed by atoms with Gasteiger partial charge in [-0.2, -0.15) is 0 Å². The van der Waals surface area contributed by atoms with E-state index in [0.29, 0.717) is 79.3 Å². The van der Waals surface area contributed by atoms with E-state index in [1.54, 1.807) is 0 Å². The Morgan fingerprint density at radius 2 is 0.826 bits per heavy atom. The normalized spacial score (nSPS) is 11.2. The number of likely N-dealkylation sites (N-methyl/N-ethyl adjacent to an activating group) is 1. The molecule has 0 aliphatic carbocycles. The topological polar surface area (TPSA) is 67.4 Å². The third-order valence-corrected chi connectivity index (χ3v) is 2.90. The number of hydrogen-bond acceptors (Lipinski definition) is 7. The quantitative estimate of drug-likeness (QED) is 0.238. The van der Waals surface area contributed by atoms with Crippen LogP contribution in [0, 0.1) is 0 Å². The average molecular weight is 402 g/mol. The van der Waals surface area contributed by atoms with Gasteiger partial charge in [0.1, 0.15) is 0 Å². The summed E-state index contributed by atoms with van der Waals surface area (Å²) < 4.78 is 32.1. The third-order valence-electron chi connectivity index (χ3n) is 2.58. The summed E-state index contributed by atoms with van der Waals surface area (Å²) in [6.07, 6.45) is 0. The van der Waals surface area contributed by atoms with E-state index in [-0.39, 0.29) is 0 Å². The Balaban J connectivity index is 2.92. The van der Waals surface area contributed by atoms with E-state index >= 15 is 0 Å². The van der Waals surface area contributed by atoms with Crippen LogP contribution >= 0.6 is 15.9 Å². The second-order valence-corrected chi connectivity index (χ2v) is 5.26. The highest BCUT2D eigenvalue weighted by Crippen LogP contribution is 1.85. The Morgan fingerprint density at radius 3 is 1.13 bits per heavy atom. The van der Waals surface area contributed by atoms with Gasteiger partial charge in [-0.05, 0) is 7.05 Å². The molecule has 0 fully saturated rings. The van der Waals surface area contributed by atoms with Crippen molar-refractivity contribution < 1.29 is 28.4 Å². The van der Waals surface area contributed by atoms with Crippen molar-refractivity contribution >= 4 is 15.9 Å². The molecule has 0 rings (SSSR count). The number of ether oxygens (including phenoxy) is 6. The standard InChI is InChI=1S/C15H32BrNO6/c1-17-3-5-19-7-9-21-11-13-23-15-14-22-12-10-20-8-6-18-4-2-16/h17H,2-15H2,1H3. The summed E-state index contributed by atoms with van der Waals surface area (Å²) in [6.45, 7) is 8.15. The molecule has 0 aromatic heterocycles. The molecule has 0 aliphatic rings. The van der Waals surface area contributed by atoms with Gasteiger partial charge in [0.15, 0.2) is 0 Å². The molecular weight excluding hydrogens is 370 g/mol. The summed E-state index contributed by atoms with van der Waals surface area (Å²) in [4.78, 5) is 0. The van der Waals surface area contributed by atoms with E-state index < -0.39 is 0 Å². The zero-order chi connectivity index (χ0) is 16.8. The van der Waals surface area contributed by atoms with Gasteiger partial charge in [-0.25, -0.2) is 0 Å². The van der Waals surface area contributed by atoms with Crippen molar-refractivity contribution in [1.29, 1.82) is 0 Å². The lowest BCUT2D eigenvalue weighted by atomic mass is 10.6. The Kier molecular flexibility index (Phi) is 22.4. The maximum absolute atomic E-state index is 5.38. The second-order valence-electron chi connectivity index (χ2n) is 4.47. The molecule has 7 nitrogen and oxygen atoms in total. The molecule has 0 spiro atoms. The minimum Gasteiger partial charge on any atom is -0.378 e. The Morgan fingerprint density at radius 1 is 0.522 bits per heavy atom. The molecule has 0 radical (unpaired) electrons. The van der Waals surface area contributed by atoms with Crippen LogP contribution in [0.2, 0.25) is 0 Å². The summed E-state index contributed by atoms with van der Waals surface area (Å²) in [5, 5.41) is 3.86. The molecule has 8 heteroatoms. The van der Waals surface area contributed by atoms with Crippen LogP contribution in [-0.4, -0.2) is 98.2 Å². The van der Waals surface area contributed by atoms with Gasteiger partial charge in [0, 0.05) is 11.9 Å². The van der Waals surface area contributed by atoms with Crippen molar-refractivity contribution in [2.75, 3.05) is 98.2 Å². The highest BCUT2D eigenvalue weighted by molar-refractivity contribution is 9.09. The van der Waals surface area contributed by atoms with Crippen molar-refractivity contribution in [3.05, 3.63) is 0 Å². The van der Waals surface area contributed by atoms with Crippen LogP contribution in [0.5, 0.6) is 0 Å². The third kappa shape index (κ3) is 22.2. The minimum absolute atomic E-state index is 0.566. The van der Waals surface area contributed by atoms with E-state index in [1.165, 1.54) is 0 Å². The predicted molar refractivity (Wildman–Crippen MR) is 92.6 cm³/mol. The lowest BCUT2D eigenvalue weighted by Gasteiger charge is -2.08. The zero-order valence-electron chi connectivity index (χ0n) is 14.2. The van der Waals surface area contributed by atoms with Crippen LogP contribution < -0.4 is 5.32 Å². The number of halogens is 1. The molecule has 1 N–H and O–H groups in total. The molecule has 140 valence electrons. The average Bonchev–Trinajstić information content (AvgIpc) is 2.57. The van der Waals surface area contributed by atoms with Gasteiger partial charge in [-0.3, -0.25) is 0 Å². The summed E-state index contributed by atoms with van der Waals surface area (Å²) in [6, 6.07) is 0. The van der Waals surface area contributed by atoms with E-state index in [1.807, 2.05) is 7.05 Å². The van der Waals surface area contributed by atoms with Crippen LogP contribution in [0.1, 0.15) is 0 Å². The van der Waals surface area contributed by atoms with Gasteiger partial charge >= 0.3 is 0 Å². The largest absolute Gasteiger partial charge is 0.378 e. The lowest BCUT2D eigenvalue weighted by molar-refractivity contribution is -0.0158. The van der Waals surface area contributed by atoms with Gasteiger partial charge < -0.3 is 33.7 Å². The molecule has 23 heavy (non-hydrogen) atoms. The van der Waals surface area contributed by atoms with Crippen molar-refractivity contribution in [3.63, 3.8) is 0 Å². The molecule has 0 atom stereocenters. The zero-order valence-corrected chi connectivity index (χ0v) is 15.8. The molecule has 0 amide bonds. The highest BCUT2D eigenvalue weighted by atomic mass is 79.9. The SMILES string of the molecule is CNCCOCCOCCOCCOCCOCCOCCBr. The van der Waals surface area contributed by atoms with E-state index in [9.17, 15) is 0 Å². The number of hydrogen-bond donors (Lipinski definition) is 1. The maximum atomic E-state index is 5.38. The fraction of sp³-hybridized carbons (Fsp3) is 1.00. The Hall–Kier alpha value is 0.200. The minimum atomic E-state index is 0.566. The molecule has 0 bridgehead atoms. The van der Waals surface area contributed by atoms with E-state index in [2.05, 4.69) is 21.2 Å². The van der Waals surface area contributed by atoms with Crippen molar-refractivity contribution in [3.8, 4) is 0 Å². The number of rotatable bonds is 20. The van der Waals surface area contributed by atoms with Gasteiger partial charge in [0.05, 0.1) is 79.3 Å². The van der Waals surface area contributed by atoms with E-state index in [4.69, 9.17) is 28.4 Å². The lowest BCUT2D eigenvalue weighted by Crippen LogP contribution is -2.17. The fourth-order valence-electron chi connectivity index (χ4n) is 1.43. The Labute approximate surface area is 148 Å². The maximum Gasteiger partial charge on any atom is 0.0701 e. The van der Waals surface area contributed by atoms with Gasteiger partial charge in [0.25, 0.3) is 0 Å². The van der Waals surface area contributed by atoms with Crippen LogP contribution in [0.3, 0.4) is 0 Å². The monoisotopic (exact) mass is 401 g/mol. The summed E-state index contributed by atoms with van der Waals surface area (Å²) >= 11 is 3.29. The Bertz CT molecular complexity index is 194. The van der Waals surface area contributed by atoms with Crippen molar-refractivity contribution in [2.45, 2.75) is 0 Å². The molecule has 0 aromatic carbocycles. The first-order chi connectivity index (χ1) is 11.4. The molecule has 0 aromatic rings. The molecule has 0 aliphatic heterocycles. The molecule has 0 heterocycles. The van der Waals surface area contributed by atoms with E-state index in [0.717, 1.165) is 11.9 Å². The second kappa shape index (κ2) is 22.2. The summed E-state index contributed by atoms with van der Waals surface area (Å²) in [5.74, 6) is 0. The fourth-order valence-corrected chi connectivity index (χ4v) is 1.66. The number of alkyl halides is 1. The number of nitrogens with one attached hydrogen (secondary N) is 1. The molecular formula is C15H32BrNO6. The van der Waals surface area contributed by atoms with Crippen molar-refractivity contribution in [2.24, 2.45) is 0 Å². The highest BCUT2D eigenvalue weighted by Gasteiger charge is 1.93. The smallest absolute Gasteiger partial charge is 0.0701 e. The van der Waals surface area contributed by atoms with Gasteiger partial charge in [-0.15, -0.1) is 0 Å². The summed E-state index contributed by atoms with van der Waals surface area (Å²) in [7, 11) is 1.90. The predicted octanol–water partition coefficient (Wildman–Crippen LogP) is 0.700. The molecule has 0 saturated heterocycles. The first kappa shape index (κ1) is 23.2. The summed E-state index contributed by atoms with van der Waals surface area (Å²) in [5.41, 5.74) is 0. The van der Waals surface area contributed by atoms with Gasteiger partial charge in [-0.1, -0.05) is 15.9 Å². The van der Waals surface area contributed by atoms with Crippen LogP contribution in [0.15, 0.2) is 0 Å². The van der Waals surface area contributed by atoms with Gasteiger partial charge in [0.2, 0.25) is 0 Å². The van der Waals surface area contributed by atoms with Crippen molar-refractivity contribution in [1.82, 2.24) is 5.32 Å². The first-order valence-corrected chi connectivity index (χ1v) is 9.21. The molecule has 0 saturated carbocycles. The van der Waals surface area contributed by atoms with Crippen LogP contribution in [0.4, 0.5) is 0 Å². The molecule has 0 unspecified atom stereocenters. The first-order valence-electron chi connectivity index (χ1n) is 8.08. The van der Waals surface area contributed by atoms with Crippen LogP contribution in [-0.2, 0) is 28.4 Å².